The van der Waals surface area contributed by atoms with E-state index >= 15 is 0 Å². The van der Waals surface area contributed by atoms with E-state index in [0.29, 0.717) is 30.1 Å². The Balaban J connectivity index is 1.48. The van der Waals surface area contributed by atoms with Crippen molar-refractivity contribution in [1.82, 2.24) is 19.8 Å². The van der Waals surface area contributed by atoms with Crippen molar-refractivity contribution in [2.24, 2.45) is 0 Å². The highest BCUT2D eigenvalue weighted by atomic mass is 35.5. The standard InChI is InChI=1S/C23H25ClN4O2/c1-2-3-22(29)26-18-10-12-27(13-11-18)23(30)16-4-9-20-21(14-16)28(15-25-20)19-7-5-17(24)6-8-19/h4-9,14-15,18H,2-3,10-13H2,1H3,(H,26,29). The molecule has 2 heterocycles. The highest BCUT2D eigenvalue weighted by molar-refractivity contribution is 6.30. The van der Waals surface area contributed by atoms with E-state index in [0.717, 1.165) is 36.0 Å². The number of nitrogens with zero attached hydrogens (tertiary/aromatic N) is 3. The summed E-state index contributed by atoms with van der Waals surface area (Å²) in [5, 5.41) is 3.75. The van der Waals surface area contributed by atoms with Crippen LogP contribution in [0.1, 0.15) is 43.0 Å². The highest BCUT2D eigenvalue weighted by Gasteiger charge is 2.25. The van der Waals surface area contributed by atoms with Crippen LogP contribution in [0.15, 0.2) is 48.8 Å². The topological polar surface area (TPSA) is 67.2 Å². The molecule has 0 atom stereocenters. The summed E-state index contributed by atoms with van der Waals surface area (Å²) in [5.74, 6) is 0.113. The molecule has 0 spiro atoms. The van der Waals surface area contributed by atoms with Gasteiger partial charge in [-0.25, -0.2) is 4.98 Å². The summed E-state index contributed by atoms with van der Waals surface area (Å²) in [6, 6.07) is 13.3. The van der Waals surface area contributed by atoms with Gasteiger partial charge in [-0.3, -0.25) is 14.2 Å². The molecule has 3 aromatic rings. The first-order valence-corrected chi connectivity index (χ1v) is 10.7. The Bertz CT molecular complexity index is 1050. The summed E-state index contributed by atoms with van der Waals surface area (Å²) in [6.45, 7) is 3.28. The molecule has 6 nitrogen and oxygen atoms in total. The molecule has 7 heteroatoms. The molecule has 0 bridgehead atoms. The number of fused-ring (bicyclic) bond motifs is 1. The minimum absolute atomic E-state index is 0.0130. The molecule has 2 aromatic carbocycles. The van der Waals surface area contributed by atoms with Crippen LogP contribution in [-0.2, 0) is 4.79 Å². The van der Waals surface area contributed by atoms with Gasteiger partial charge < -0.3 is 10.2 Å². The molecule has 0 radical (unpaired) electrons. The van der Waals surface area contributed by atoms with E-state index in [4.69, 9.17) is 11.6 Å². The number of piperidine rings is 1. The van der Waals surface area contributed by atoms with Crippen LogP contribution < -0.4 is 5.32 Å². The van der Waals surface area contributed by atoms with Crippen molar-refractivity contribution in [1.29, 1.82) is 0 Å². The van der Waals surface area contributed by atoms with Crippen molar-refractivity contribution >= 4 is 34.4 Å². The van der Waals surface area contributed by atoms with Gasteiger partial charge in [0, 0.05) is 41.8 Å². The van der Waals surface area contributed by atoms with Crippen LogP contribution >= 0.6 is 11.6 Å². The number of hydrogen-bond donors (Lipinski definition) is 1. The lowest BCUT2D eigenvalue weighted by molar-refractivity contribution is -0.122. The first-order valence-electron chi connectivity index (χ1n) is 10.4. The summed E-state index contributed by atoms with van der Waals surface area (Å²) in [7, 11) is 0. The number of imidazole rings is 1. The number of benzene rings is 2. The SMILES string of the molecule is CCCC(=O)NC1CCN(C(=O)c2ccc3ncn(-c4ccc(Cl)cc4)c3c2)CC1. The number of aromatic nitrogens is 2. The van der Waals surface area contributed by atoms with Crippen LogP contribution in [-0.4, -0.2) is 45.4 Å². The van der Waals surface area contributed by atoms with E-state index in [9.17, 15) is 9.59 Å². The molecule has 1 aliphatic rings. The number of halogens is 1. The zero-order chi connectivity index (χ0) is 21.1. The zero-order valence-corrected chi connectivity index (χ0v) is 17.7. The molecule has 0 aliphatic carbocycles. The quantitative estimate of drug-likeness (QED) is 0.667. The number of rotatable bonds is 5. The third-order valence-corrected chi connectivity index (χ3v) is 5.78. The summed E-state index contributed by atoms with van der Waals surface area (Å²) in [5.41, 5.74) is 3.30. The van der Waals surface area contributed by atoms with Crippen molar-refractivity contribution in [3.05, 3.63) is 59.4 Å². The second kappa shape index (κ2) is 8.88. The summed E-state index contributed by atoms with van der Waals surface area (Å²) in [6.07, 6.45) is 4.73. The average Bonchev–Trinajstić information content (AvgIpc) is 3.18. The normalized spacial score (nSPS) is 14.8. The first kappa shape index (κ1) is 20.4. The Labute approximate surface area is 180 Å². The molecule has 156 valence electrons. The van der Waals surface area contributed by atoms with Crippen molar-refractivity contribution < 1.29 is 9.59 Å². The van der Waals surface area contributed by atoms with Crippen LogP contribution in [0.5, 0.6) is 0 Å². The van der Waals surface area contributed by atoms with Gasteiger partial charge in [0.1, 0.15) is 6.33 Å². The Kier molecular flexibility index (Phi) is 6.04. The van der Waals surface area contributed by atoms with Gasteiger partial charge in [0.25, 0.3) is 5.91 Å². The van der Waals surface area contributed by atoms with Crippen molar-refractivity contribution in [3.8, 4) is 5.69 Å². The van der Waals surface area contributed by atoms with Crippen LogP contribution in [0, 0.1) is 0 Å². The van der Waals surface area contributed by atoms with Gasteiger partial charge in [-0.2, -0.15) is 0 Å². The number of carbonyl (C=O) groups excluding carboxylic acids is 2. The van der Waals surface area contributed by atoms with Gasteiger partial charge >= 0.3 is 0 Å². The molecule has 1 N–H and O–H groups in total. The fourth-order valence-corrected chi connectivity index (χ4v) is 4.01. The minimum atomic E-state index is 0.0130. The zero-order valence-electron chi connectivity index (χ0n) is 17.0. The minimum Gasteiger partial charge on any atom is -0.353 e. The van der Waals surface area contributed by atoms with Gasteiger partial charge in [-0.05, 0) is 61.7 Å². The maximum atomic E-state index is 13.1. The summed E-state index contributed by atoms with van der Waals surface area (Å²) in [4.78, 5) is 31.2. The van der Waals surface area contributed by atoms with Crippen molar-refractivity contribution in [2.45, 2.75) is 38.6 Å². The second-order valence-electron chi connectivity index (χ2n) is 7.68. The number of amides is 2. The molecular weight excluding hydrogens is 400 g/mol. The van der Waals surface area contributed by atoms with Gasteiger partial charge in [-0.15, -0.1) is 0 Å². The lowest BCUT2D eigenvalue weighted by atomic mass is 10.0. The lowest BCUT2D eigenvalue weighted by Crippen LogP contribution is -2.46. The average molecular weight is 425 g/mol. The molecule has 30 heavy (non-hydrogen) atoms. The maximum Gasteiger partial charge on any atom is 0.253 e. The van der Waals surface area contributed by atoms with E-state index in [1.54, 1.807) is 6.33 Å². The predicted octanol–water partition coefficient (Wildman–Crippen LogP) is 4.20. The molecule has 1 fully saturated rings. The third kappa shape index (κ3) is 4.33. The van der Waals surface area contributed by atoms with Gasteiger partial charge in [0.2, 0.25) is 5.91 Å². The smallest absolute Gasteiger partial charge is 0.253 e. The van der Waals surface area contributed by atoms with Crippen LogP contribution in [0.2, 0.25) is 5.02 Å². The fourth-order valence-electron chi connectivity index (χ4n) is 3.88. The molecule has 1 aromatic heterocycles. The number of likely N-dealkylation sites (tertiary alicyclic amines) is 1. The summed E-state index contributed by atoms with van der Waals surface area (Å²) < 4.78 is 1.96. The Morgan fingerprint density at radius 3 is 2.57 bits per heavy atom. The van der Waals surface area contributed by atoms with E-state index in [1.165, 1.54) is 0 Å². The van der Waals surface area contributed by atoms with Gasteiger partial charge in [0.05, 0.1) is 11.0 Å². The van der Waals surface area contributed by atoms with E-state index < -0.39 is 0 Å². The van der Waals surface area contributed by atoms with E-state index in [-0.39, 0.29) is 17.9 Å². The van der Waals surface area contributed by atoms with Crippen molar-refractivity contribution in [3.63, 3.8) is 0 Å². The Morgan fingerprint density at radius 2 is 1.87 bits per heavy atom. The Morgan fingerprint density at radius 1 is 1.13 bits per heavy atom. The van der Waals surface area contributed by atoms with Crippen LogP contribution in [0.3, 0.4) is 0 Å². The van der Waals surface area contributed by atoms with E-state index in [1.807, 2.05) is 58.9 Å². The molecule has 0 unspecified atom stereocenters. The van der Waals surface area contributed by atoms with Crippen LogP contribution in [0.4, 0.5) is 0 Å². The van der Waals surface area contributed by atoms with Gasteiger partial charge in [0.15, 0.2) is 0 Å². The number of nitrogens with one attached hydrogen (secondary N) is 1. The highest BCUT2D eigenvalue weighted by Crippen LogP contribution is 2.22. The first-order chi connectivity index (χ1) is 14.5. The molecule has 1 saturated heterocycles. The second-order valence-corrected chi connectivity index (χ2v) is 8.11. The monoisotopic (exact) mass is 424 g/mol. The number of carbonyl (C=O) groups is 2. The maximum absolute atomic E-state index is 13.1. The van der Waals surface area contributed by atoms with Crippen molar-refractivity contribution in [2.75, 3.05) is 13.1 Å². The van der Waals surface area contributed by atoms with Gasteiger partial charge in [-0.1, -0.05) is 18.5 Å². The van der Waals surface area contributed by atoms with E-state index in [2.05, 4.69) is 10.3 Å². The molecule has 0 saturated carbocycles. The van der Waals surface area contributed by atoms with Crippen LogP contribution in [0.25, 0.3) is 16.7 Å². The predicted molar refractivity (Wildman–Crippen MR) is 118 cm³/mol. The molecule has 4 rings (SSSR count). The molecule has 2 amide bonds. The molecule has 1 aliphatic heterocycles. The molecular formula is C23H25ClN4O2. The number of hydrogen-bond acceptors (Lipinski definition) is 3. The third-order valence-electron chi connectivity index (χ3n) is 5.52. The largest absolute Gasteiger partial charge is 0.353 e. The summed E-state index contributed by atoms with van der Waals surface area (Å²) >= 11 is 6.00. The lowest BCUT2D eigenvalue weighted by Gasteiger charge is -2.32. The fraction of sp³-hybridized carbons (Fsp3) is 0.348. The Hall–Kier alpha value is -2.86.